The highest BCUT2D eigenvalue weighted by Crippen LogP contribution is 2.32. The number of phenols is 1. The van der Waals surface area contributed by atoms with E-state index in [2.05, 4.69) is 25.9 Å². The van der Waals surface area contributed by atoms with Gasteiger partial charge in [0.1, 0.15) is 12.1 Å². The number of aliphatic carboxylic acids is 1. The van der Waals surface area contributed by atoms with Crippen LogP contribution < -0.4 is 16.0 Å². The summed E-state index contributed by atoms with van der Waals surface area (Å²) in [7, 11) is 0. The van der Waals surface area contributed by atoms with Gasteiger partial charge in [-0.05, 0) is 24.5 Å². The number of aromatic hydroxyl groups is 1. The third-order valence-electron chi connectivity index (χ3n) is 4.64. The molecule has 0 saturated heterocycles. The maximum absolute atomic E-state index is 12.8. The highest BCUT2D eigenvalue weighted by atomic mass is 35.5. The fraction of sp³-hybridized carbons (Fsp3) is 0.381. The number of aromatic amines is 1. The number of nitrogens with one attached hydrogen (secondary N) is 4. The van der Waals surface area contributed by atoms with Gasteiger partial charge in [0.05, 0.1) is 22.9 Å². The Hall–Kier alpha value is -3.31. The molecule has 0 radical (unpaired) electrons. The normalized spacial score (nSPS) is 12.6. The zero-order valence-electron chi connectivity index (χ0n) is 18.4. The lowest BCUT2D eigenvalue weighted by molar-refractivity contribution is -0.142. The van der Waals surface area contributed by atoms with Crippen LogP contribution in [0.2, 0.25) is 10.0 Å². The van der Waals surface area contributed by atoms with E-state index in [1.807, 2.05) is 13.8 Å². The second kappa shape index (κ2) is 12.2. The van der Waals surface area contributed by atoms with Crippen LogP contribution in [0.3, 0.4) is 0 Å². The van der Waals surface area contributed by atoms with Crippen molar-refractivity contribution in [3.8, 4) is 5.75 Å². The molecule has 3 amide bonds. The fourth-order valence-electron chi connectivity index (χ4n) is 3.00. The number of carboxylic acids is 1. The average molecular weight is 514 g/mol. The molecule has 0 spiro atoms. The van der Waals surface area contributed by atoms with E-state index in [0.29, 0.717) is 5.69 Å². The molecule has 184 valence electrons. The summed E-state index contributed by atoms with van der Waals surface area (Å²) in [6, 6.07) is 0.116. The number of phenolic OH excluding ortho intramolecular Hbond substituents is 1. The topological polar surface area (TPSA) is 174 Å². The van der Waals surface area contributed by atoms with Crippen molar-refractivity contribution in [3.05, 3.63) is 46.0 Å². The lowest BCUT2D eigenvalue weighted by atomic mass is 10.0. The number of nitrogens with zero attached hydrogens (tertiary/aromatic N) is 1. The van der Waals surface area contributed by atoms with Crippen LogP contribution in [-0.2, 0) is 20.8 Å². The number of hydrogen-bond acceptors (Lipinski definition) is 6. The second-order valence-electron chi connectivity index (χ2n) is 7.90. The number of aromatic nitrogens is 2. The Morgan fingerprint density at radius 2 is 1.74 bits per heavy atom. The lowest BCUT2D eigenvalue weighted by Crippen LogP contribution is -2.54. The maximum Gasteiger partial charge on any atom is 0.326 e. The van der Waals surface area contributed by atoms with Gasteiger partial charge in [0.15, 0.2) is 5.75 Å². The predicted molar refractivity (Wildman–Crippen MR) is 124 cm³/mol. The molecule has 0 aliphatic heterocycles. The number of benzene rings is 1. The third kappa shape index (κ3) is 7.92. The first-order valence-corrected chi connectivity index (χ1v) is 11.0. The van der Waals surface area contributed by atoms with Gasteiger partial charge < -0.3 is 31.1 Å². The van der Waals surface area contributed by atoms with Crippen molar-refractivity contribution in [1.82, 2.24) is 25.9 Å². The van der Waals surface area contributed by atoms with Crippen LogP contribution in [0.25, 0.3) is 0 Å². The van der Waals surface area contributed by atoms with Crippen LogP contribution in [0.15, 0.2) is 24.7 Å². The van der Waals surface area contributed by atoms with Gasteiger partial charge in [-0.15, -0.1) is 0 Å². The van der Waals surface area contributed by atoms with E-state index in [0.717, 1.165) is 0 Å². The van der Waals surface area contributed by atoms with E-state index < -0.39 is 42.3 Å². The summed E-state index contributed by atoms with van der Waals surface area (Å²) in [5.74, 6) is -3.62. The van der Waals surface area contributed by atoms with Crippen molar-refractivity contribution >= 4 is 46.9 Å². The first-order valence-electron chi connectivity index (χ1n) is 10.2. The maximum atomic E-state index is 12.8. The van der Waals surface area contributed by atoms with Crippen LogP contribution in [-0.4, -0.2) is 62.5 Å². The van der Waals surface area contributed by atoms with E-state index in [1.165, 1.54) is 24.7 Å². The number of halogens is 2. The molecule has 2 aromatic rings. The van der Waals surface area contributed by atoms with Crippen molar-refractivity contribution in [3.63, 3.8) is 0 Å². The van der Waals surface area contributed by atoms with Crippen LogP contribution in [0.1, 0.15) is 36.3 Å². The molecule has 0 aliphatic rings. The summed E-state index contributed by atoms with van der Waals surface area (Å²) in [5.41, 5.74) is 0.555. The molecule has 1 aromatic heterocycles. The largest absolute Gasteiger partial charge is 0.505 e. The van der Waals surface area contributed by atoms with Gasteiger partial charge in [-0.3, -0.25) is 14.4 Å². The number of carbonyl (C=O) groups excluding carboxylic acids is 3. The Morgan fingerprint density at radius 3 is 2.26 bits per heavy atom. The molecule has 0 saturated carbocycles. The van der Waals surface area contributed by atoms with E-state index in [4.69, 9.17) is 23.2 Å². The van der Waals surface area contributed by atoms with Gasteiger partial charge in [0.25, 0.3) is 5.91 Å². The molecule has 11 nitrogen and oxygen atoms in total. The molecule has 0 bridgehead atoms. The van der Waals surface area contributed by atoms with Crippen LogP contribution in [0, 0.1) is 5.92 Å². The Bertz CT molecular complexity index is 1020. The first-order chi connectivity index (χ1) is 16.0. The van der Waals surface area contributed by atoms with Gasteiger partial charge >= 0.3 is 5.97 Å². The summed E-state index contributed by atoms with van der Waals surface area (Å²) < 4.78 is 0. The van der Waals surface area contributed by atoms with Crippen molar-refractivity contribution in [2.75, 3.05) is 6.54 Å². The van der Waals surface area contributed by atoms with E-state index >= 15 is 0 Å². The predicted octanol–water partition coefficient (Wildman–Crippen LogP) is 1.49. The summed E-state index contributed by atoms with van der Waals surface area (Å²) in [5, 5.41) is 26.0. The highest BCUT2D eigenvalue weighted by Gasteiger charge is 2.28. The number of carboxylic acid groups (broad SMARTS) is 1. The third-order valence-corrected chi connectivity index (χ3v) is 5.22. The zero-order valence-corrected chi connectivity index (χ0v) is 19.9. The van der Waals surface area contributed by atoms with E-state index in [-0.39, 0.29) is 40.1 Å². The molecule has 6 N–H and O–H groups in total. The summed E-state index contributed by atoms with van der Waals surface area (Å²) in [6.45, 7) is 3.16. The standard InChI is InChI=1S/C21H25Cl2N5O6/c1-10(2)3-16(21(33)34)28-20(32)15(6-12-7-24-9-26-12)27-17(29)8-25-19(31)11-4-13(22)18(30)14(23)5-11/h4-5,7,9-10,15-16,30H,3,6,8H2,1-2H3,(H,24,26)(H,25,31)(H,27,29)(H,28,32)(H,33,34)/t15-,16-/m0/s1. The first kappa shape index (κ1) is 26.9. The number of carbonyl (C=O) groups is 4. The molecular formula is C21H25Cl2N5O6. The molecule has 34 heavy (non-hydrogen) atoms. The number of imidazole rings is 1. The number of hydrogen-bond donors (Lipinski definition) is 6. The van der Waals surface area contributed by atoms with Gasteiger partial charge in [-0.25, -0.2) is 9.78 Å². The SMILES string of the molecule is CC(C)C[C@H](NC(=O)[C@H](Cc1cnc[nH]1)NC(=O)CNC(=O)c1cc(Cl)c(O)c(Cl)c1)C(=O)O. The second-order valence-corrected chi connectivity index (χ2v) is 8.72. The Labute approximate surface area is 205 Å². The highest BCUT2D eigenvalue weighted by molar-refractivity contribution is 6.37. The summed E-state index contributed by atoms with van der Waals surface area (Å²) in [4.78, 5) is 55.8. The molecular weight excluding hydrogens is 489 g/mol. The van der Waals surface area contributed by atoms with Gasteiger partial charge in [0, 0.05) is 23.9 Å². The smallest absolute Gasteiger partial charge is 0.326 e. The molecule has 1 heterocycles. The molecule has 0 unspecified atom stereocenters. The summed E-state index contributed by atoms with van der Waals surface area (Å²) in [6.07, 6.45) is 3.09. The quantitative estimate of drug-likeness (QED) is 0.264. The lowest BCUT2D eigenvalue weighted by Gasteiger charge is -2.22. The van der Waals surface area contributed by atoms with Crippen molar-refractivity contribution < 1.29 is 29.4 Å². The van der Waals surface area contributed by atoms with Gasteiger partial charge in [-0.1, -0.05) is 37.0 Å². The van der Waals surface area contributed by atoms with Crippen LogP contribution >= 0.6 is 23.2 Å². The molecule has 13 heteroatoms. The zero-order chi connectivity index (χ0) is 25.4. The van der Waals surface area contributed by atoms with Crippen molar-refractivity contribution in [2.45, 2.75) is 38.8 Å². The number of H-pyrrole nitrogens is 1. The molecule has 1 aromatic carbocycles. The molecule has 2 atom stereocenters. The Kier molecular flexibility index (Phi) is 9.69. The fourth-order valence-corrected chi connectivity index (χ4v) is 3.48. The molecule has 2 rings (SSSR count). The van der Waals surface area contributed by atoms with E-state index in [9.17, 15) is 29.4 Å². The minimum atomic E-state index is -1.19. The van der Waals surface area contributed by atoms with E-state index in [1.54, 1.807) is 0 Å². The molecule has 0 fully saturated rings. The van der Waals surface area contributed by atoms with Crippen LogP contribution in [0.5, 0.6) is 5.75 Å². The van der Waals surface area contributed by atoms with Gasteiger partial charge in [0.2, 0.25) is 11.8 Å². The monoisotopic (exact) mass is 513 g/mol. The molecule has 0 aliphatic carbocycles. The summed E-state index contributed by atoms with van der Waals surface area (Å²) >= 11 is 11.6. The van der Waals surface area contributed by atoms with Gasteiger partial charge in [-0.2, -0.15) is 0 Å². The van der Waals surface area contributed by atoms with Crippen molar-refractivity contribution in [2.24, 2.45) is 5.92 Å². The minimum Gasteiger partial charge on any atom is -0.505 e. The van der Waals surface area contributed by atoms with Crippen LogP contribution in [0.4, 0.5) is 0 Å². The Balaban J connectivity index is 2.05. The number of amides is 3. The average Bonchev–Trinajstić information content (AvgIpc) is 3.27. The minimum absolute atomic E-state index is 0.0131. The van der Waals surface area contributed by atoms with Crippen molar-refractivity contribution in [1.29, 1.82) is 0 Å². The number of rotatable bonds is 11. The Morgan fingerprint density at radius 1 is 1.09 bits per heavy atom.